The first-order valence-corrected chi connectivity index (χ1v) is 7.42. The molecule has 0 radical (unpaired) electrons. The molecular weight excluding hydrogens is 312 g/mol. The van der Waals surface area contributed by atoms with E-state index in [9.17, 15) is 9.59 Å². The number of carbonyl (C=O) groups is 2. The lowest BCUT2D eigenvalue weighted by molar-refractivity contribution is -0.115. The SMILES string of the molecule is CCOc1ccccc1NC(=O)CNC(=O)c1cn(C)nc1OC. The van der Waals surface area contributed by atoms with E-state index < -0.39 is 5.91 Å². The van der Waals surface area contributed by atoms with Crippen LogP contribution in [0.1, 0.15) is 17.3 Å². The first-order valence-electron chi connectivity index (χ1n) is 7.42. The van der Waals surface area contributed by atoms with Gasteiger partial charge < -0.3 is 20.1 Å². The van der Waals surface area contributed by atoms with Gasteiger partial charge in [0.05, 0.1) is 25.9 Å². The lowest BCUT2D eigenvalue weighted by Gasteiger charge is -2.11. The number of hydrogen-bond donors (Lipinski definition) is 2. The van der Waals surface area contributed by atoms with Crippen LogP contribution < -0.4 is 20.1 Å². The van der Waals surface area contributed by atoms with Crippen molar-refractivity contribution in [3.63, 3.8) is 0 Å². The molecule has 0 spiro atoms. The molecule has 128 valence electrons. The molecule has 2 N–H and O–H groups in total. The summed E-state index contributed by atoms with van der Waals surface area (Å²) < 4.78 is 11.9. The molecule has 0 bridgehead atoms. The molecule has 1 aromatic carbocycles. The Morgan fingerprint density at radius 2 is 2.04 bits per heavy atom. The lowest BCUT2D eigenvalue weighted by Crippen LogP contribution is -2.33. The molecule has 1 heterocycles. The minimum Gasteiger partial charge on any atom is -0.492 e. The second-order valence-corrected chi connectivity index (χ2v) is 4.89. The molecule has 0 aliphatic heterocycles. The predicted molar refractivity (Wildman–Crippen MR) is 88.3 cm³/mol. The average Bonchev–Trinajstić information content (AvgIpc) is 2.96. The zero-order valence-electron chi connectivity index (χ0n) is 13.8. The number of aryl methyl sites for hydroxylation is 1. The number of nitrogens with one attached hydrogen (secondary N) is 2. The van der Waals surface area contributed by atoms with E-state index in [0.717, 1.165) is 0 Å². The van der Waals surface area contributed by atoms with Gasteiger partial charge in [-0.2, -0.15) is 0 Å². The fourth-order valence-corrected chi connectivity index (χ4v) is 2.08. The van der Waals surface area contributed by atoms with E-state index in [1.807, 2.05) is 13.0 Å². The highest BCUT2D eigenvalue weighted by Crippen LogP contribution is 2.23. The summed E-state index contributed by atoms with van der Waals surface area (Å²) in [5.74, 6) is -0.0164. The Morgan fingerprint density at radius 1 is 1.29 bits per heavy atom. The topological polar surface area (TPSA) is 94.5 Å². The summed E-state index contributed by atoms with van der Waals surface area (Å²) in [4.78, 5) is 24.1. The molecule has 24 heavy (non-hydrogen) atoms. The van der Waals surface area contributed by atoms with Crippen molar-refractivity contribution in [3.8, 4) is 11.6 Å². The Kier molecular flexibility index (Phi) is 5.78. The molecule has 8 nitrogen and oxygen atoms in total. The second kappa shape index (κ2) is 8.00. The average molecular weight is 332 g/mol. The zero-order chi connectivity index (χ0) is 17.5. The highest BCUT2D eigenvalue weighted by Gasteiger charge is 2.17. The number of nitrogens with zero attached hydrogens (tertiary/aromatic N) is 2. The van der Waals surface area contributed by atoms with Crippen molar-refractivity contribution in [3.05, 3.63) is 36.0 Å². The van der Waals surface area contributed by atoms with Crippen LogP contribution in [0, 0.1) is 0 Å². The van der Waals surface area contributed by atoms with E-state index in [2.05, 4.69) is 15.7 Å². The summed E-state index contributed by atoms with van der Waals surface area (Å²) in [7, 11) is 3.10. The first kappa shape index (κ1) is 17.3. The van der Waals surface area contributed by atoms with Gasteiger partial charge in [-0.25, -0.2) is 0 Å². The minimum absolute atomic E-state index is 0.183. The van der Waals surface area contributed by atoms with Crippen molar-refractivity contribution in [1.29, 1.82) is 0 Å². The van der Waals surface area contributed by atoms with Gasteiger partial charge in [0.2, 0.25) is 11.8 Å². The zero-order valence-corrected chi connectivity index (χ0v) is 13.8. The molecule has 2 rings (SSSR count). The van der Waals surface area contributed by atoms with Gasteiger partial charge in [0, 0.05) is 13.2 Å². The summed E-state index contributed by atoms with van der Waals surface area (Å²) in [6, 6.07) is 7.10. The van der Waals surface area contributed by atoms with Gasteiger partial charge in [0.15, 0.2) is 0 Å². The Balaban J connectivity index is 1.95. The van der Waals surface area contributed by atoms with E-state index in [4.69, 9.17) is 9.47 Å². The highest BCUT2D eigenvalue weighted by atomic mass is 16.5. The van der Waals surface area contributed by atoms with Crippen molar-refractivity contribution in [2.75, 3.05) is 25.6 Å². The van der Waals surface area contributed by atoms with Crippen molar-refractivity contribution < 1.29 is 19.1 Å². The van der Waals surface area contributed by atoms with Crippen LogP contribution in [-0.4, -0.2) is 41.9 Å². The molecule has 0 saturated carbocycles. The van der Waals surface area contributed by atoms with Gasteiger partial charge in [-0.1, -0.05) is 12.1 Å². The summed E-state index contributed by atoms with van der Waals surface area (Å²) >= 11 is 0. The maximum absolute atomic E-state index is 12.1. The molecule has 2 aromatic rings. The molecule has 1 aromatic heterocycles. The van der Waals surface area contributed by atoms with Crippen LogP contribution in [0.2, 0.25) is 0 Å². The predicted octanol–water partition coefficient (Wildman–Crippen LogP) is 1.20. The van der Waals surface area contributed by atoms with Crippen molar-refractivity contribution >= 4 is 17.5 Å². The van der Waals surface area contributed by atoms with E-state index in [1.54, 1.807) is 25.2 Å². The van der Waals surface area contributed by atoms with Crippen LogP contribution in [0.5, 0.6) is 11.6 Å². The molecule has 2 amide bonds. The lowest BCUT2D eigenvalue weighted by atomic mass is 10.3. The number of para-hydroxylation sites is 2. The third kappa shape index (κ3) is 4.25. The Morgan fingerprint density at radius 3 is 2.75 bits per heavy atom. The van der Waals surface area contributed by atoms with E-state index >= 15 is 0 Å². The normalized spacial score (nSPS) is 10.1. The second-order valence-electron chi connectivity index (χ2n) is 4.89. The Bertz CT molecular complexity index is 727. The maximum atomic E-state index is 12.1. The van der Waals surface area contributed by atoms with Crippen LogP contribution in [0.15, 0.2) is 30.5 Å². The molecule has 8 heteroatoms. The molecule has 0 saturated heterocycles. The number of benzene rings is 1. The van der Waals surface area contributed by atoms with Gasteiger partial charge in [-0.3, -0.25) is 14.3 Å². The van der Waals surface area contributed by atoms with E-state index in [0.29, 0.717) is 18.0 Å². The standard InChI is InChI=1S/C16H20N4O4/c1-4-24-13-8-6-5-7-12(13)18-14(21)9-17-15(22)11-10-20(2)19-16(11)23-3/h5-8,10H,4,9H2,1-3H3,(H,17,22)(H,18,21). The van der Waals surface area contributed by atoms with Gasteiger partial charge in [0.1, 0.15) is 11.3 Å². The number of aromatic nitrogens is 2. The summed E-state index contributed by atoms with van der Waals surface area (Å²) in [6.45, 7) is 2.17. The third-order valence-corrected chi connectivity index (χ3v) is 3.10. The minimum atomic E-state index is -0.437. The van der Waals surface area contributed by atoms with E-state index in [-0.39, 0.29) is 23.9 Å². The smallest absolute Gasteiger partial charge is 0.258 e. The number of ether oxygens (including phenoxy) is 2. The van der Waals surface area contributed by atoms with Crippen molar-refractivity contribution in [1.82, 2.24) is 15.1 Å². The van der Waals surface area contributed by atoms with Gasteiger partial charge in [-0.05, 0) is 19.1 Å². The van der Waals surface area contributed by atoms with Gasteiger partial charge in [0.25, 0.3) is 5.91 Å². The fourth-order valence-electron chi connectivity index (χ4n) is 2.08. The molecule has 0 unspecified atom stereocenters. The van der Waals surface area contributed by atoms with Crippen LogP contribution in [0.4, 0.5) is 5.69 Å². The first-order chi connectivity index (χ1) is 11.5. The van der Waals surface area contributed by atoms with E-state index in [1.165, 1.54) is 18.0 Å². The molecule has 0 fully saturated rings. The Labute approximate surface area is 139 Å². The number of methoxy groups -OCH3 is 1. The van der Waals surface area contributed by atoms with Gasteiger partial charge >= 0.3 is 0 Å². The summed E-state index contributed by atoms with van der Waals surface area (Å²) in [6.07, 6.45) is 1.52. The highest BCUT2D eigenvalue weighted by molar-refractivity contribution is 6.00. The number of amides is 2. The fraction of sp³-hybridized carbons (Fsp3) is 0.312. The van der Waals surface area contributed by atoms with Gasteiger partial charge in [-0.15, -0.1) is 5.10 Å². The summed E-state index contributed by atoms with van der Waals surface area (Å²) in [5.41, 5.74) is 0.820. The number of rotatable bonds is 7. The molecule has 0 aliphatic carbocycles. The monoisotopic (exact) mass is 332 g/mol. The quantitative estimate of drug-likeness (QED) is 0.794. The Hall–Kier alpha value is -3.03. The van der Waals surface area contributed by atoms with Crippen molar-refractivity contribution in [2.45, 2.75) is 6.92 Å². The number of anilines is 1. The molecule has 0 aliphatic rings. The van der Waals surface area contributed by atoms with Crippen LogP contribution in [0.3, 0.4) is 0 Å². The largest absolute Gasteiger partial charge is 0.492 e. The van der Waals surface area contributed by atoms with Crippen molar-refractivity contribution in [2.24, 2.45) is 7.05 Å². The van der Waals surface area contributed by atoms with Crippen LogP contribution >= 0.6 is 0 Å². The molecular formula is C16H20N4O4. The third-order valence-electron chi connectivity index (χ3n) is 3.10. The summed E-state index contributed by atoms with van der Waals surface area (Å²) in [5, 5.41) is 9.23. The van der Waals surface area contributed by atoms with Crippen LogP contribution in [0.25, 0.3) is 0 Å². The number of carbonyl (C=O) groups excluding carboxylic acids is 2. The van der Waals surface area contributed by atoms with Crippen LogP contribution in [-0.2, 0) is 11.8 Å². The number of hydrogen-bond acceptors (Lipinski definition) is 5. The maximum Gasteiger partial charge on any atom is 0.258 e. The molecule has 0 atom stereocenters.